The van der Waals surface area contributed by atoms with Gasteiger partial charge < -0.3 is 0 Å². The van der Waals surface area contributed by atoms with E-state index in [-0.39, 0.29) is 0 Å². The van der Waals surface area contributed by atoms with Gasteiger partial charge in [-0.3, -0.25) is 0 Å². The Kier molecular flexibility index (Phi) is 9.76. The third-order valence-corrected chi connectivity index (χ3v) is 8.18. The van der Waals surface area contributed by atoms with Gasteiger partial charge in [0.15, 0.2) is 0 Å². The van der Waals surface area contributed by atoms with Crippen LogP contribution in [-0.4, -0.2) is 0 Å². The standard InChI is InChI=1S/C27H48/c1-22(2)16-18-26-19-17-24(4)27(26,5)21-20-23(3)12-8-6-9-13-25-14-10-7-11-15-25/h22-26H,6-8,10-12,14-21H2,1-5H3/t23-,24?,26?,27?/m1/s1. The minimum atomic E-state index is 0.601. The molecule has 0 heterocycles. The molecule has 3 unspecified atom stereocenters. The summed E-state index contributed by atoms with van der Waals surface area (Å²) in [5.41, 5.74) is 0.601. The second kappa shape index (κ2) is 11.5. The maximum atomic E-state index is 3.56. The van der Waals surface area contributed by atoms with E-state index in [1.165, 1.54) is 83.5 Å². The van der Waals surface area contributed by atoms with Gasteiger partial charge in [-0.05, 0) is 80.5 Å². The molecule has 0 saturated heterocycles. The van der Waals surface area contributed by atoms with Crippen molar-refractivity contribution in [3.05, 3.63) is 0 Å². The molecule has 0 amide bonds. The predicted molar refractivity (Wildman–Crippen MR) is 121 cm³/mol. The highest BCUT2D eigenvalue weighted by atomic mass is 14.5. The van der Waals surface area contributed by atoms with Gasteiger partial charge in [-0.15, -0.1) is 5.92 Å². The molecule has 0 radical (unpaired) electrons. The fraction of sp³-hybridized carbons (Fsp3) is 0.926. The van der Waals surface area contributed by atoms with E-state index in [4.69, 9.17) is 0 Å². The first kappa shape index (κ1) is 22.8. The Balaban J connectivity index is 1.67. The molecule has 2 rings (SSSR count). The summed E-state index contributed by atoms with van der Waals surface area (Å²) < 4.78 is 0. The van der Waals surface area contributed by atoms with Gasteiger partial charge in [-0.1, -0.05) is 72.6 Å². The molecule has 0 heteroatoms. The summed E-state index contributed by atoms with van der Waals surface area (Å²) in [5.74, 6) is 11.4. The number of hydrogen-bond acceptors (Lipinski definition) is 0. The van der Waals surface area contributed by atoms with Crippen LogP contribution in [0.4, 0.5) is 0 Å². The number of unbranched alkanes of at least 4 members (excludes halogenated alkanes) is 1. The minimum absolute atomic E-state index is 0.601. The van der Waals surface area contributed by atoms with Gasteiger partial charge in [-0.2, -0.15) is 0 Å². The Bertz CT molecular complexity index is 458. The van der Waals surface area contributed by atoms with Crippen molar-refractivity contribution in [1.82, 2.24) is 0 Å². The normalized spacial score (nSPS) is 30.3. The van der Waals surface area contributed by atoms with Gasteiger partial charge in [0, 0.05) is 12.3 Å². The van der Waals surface area contributed by atoms with Gasteiger partial charge in [0.1, 0.15) is 0 Å². The lowest BCUT2D eigenvalue weighted by atomic mass is 9.68. The van der Waals surface area contributed by atoms with E-state index in [1.54, 1.807) is 0 Å². The van der Waals surface area contributed by atoms with Crippen LogP contribution >= 0.6 is 0 Å². The summed E-state index contributed by atoms with van der Waals surface area (Å²) in [5, 5.41) is 0. The van der Waals surface area contributed by atoms with Gasteiger partial charge in [0.05, 0.1) is 0 Å². The van der Waals surface area contributed by atoms with Crippen LogP contribution in [0.25, 0.3) is 0 Å². The van der Waals surface area contributed by atoms with Crippen LogP contribution in [0, 0.1) is 46.8 Å². The Morgan fingerprint density at radius 3 is 2.37 bits per heavy atom. The molecular formula is C27H48. The summed E-state index contributed by atoms with van der Waals surface area (Å²) in [6.45, 7) is 12.4. The van der Waals surface area contributed by atoms with Gasteiger partial charge in [-0.25, -0.2) is 0 Å². The fourth-order valence-electron chi connectivity index (χ4n) is 5.68. The van der Waals surface area contributed by atoms with Crippen molar-refractivity contribution in [2.75, 3.05) is 0 Å². The van der Waals surface area contributed by atoms with E-state index >= 15 is 0 Å². The number of rotatable bonds is 9. The van der Waals surface area contributed by atoms with Crippen LogP contribution in [0.2, 0.25) is 0 Å². The van der Waals surface area contributed by atoms with Crippen LogP contribution in [-0.2, 0) is 0 Å². The molecule has 4 atom stereocenters. The third kappa shape index (κ3) is 7.48. The summed E-state index contributed by atoms with van der Waals surface area (Å²) >= 11 is 0. The first-order valence-electron chi connectivity index (χ1n) is 12.4. The zero-order valence-electron chi connectivity index (χ0n) is 19.3. The van der Waals surface area contributed by atoms with Crippen molar-refractivity contribution in [2.24, 2.45) is 35.0 Å². The second-order valence-corrected chi connectivity index (χ2v) is 10.8. The Hall–Kier alpha value is -0.440. The molecule has 27 heavy (non-hydrogen) atoms. The van der Waals surface area contributed by atoms with Crippen LogP contribution in [0.15, 0.2) is 0 Å². The Labute approximate surface area is 171 Å². The molecule has 2 aliphatic rings. The molecule has 0 spiro atoms. The third-order valence-electron chi connectivity index (χ3n) is 8.18. The summed E-state index contributed by atoms with van der Waals surface area (Å²) in [7, 11) is 0. The van der Waals surface area contributed by atoms with E-state index in [0.29, 0.717) is 5.41 Å². The molecule has 2 aliphatic carbocycles. The molecule has 0 bridgehead atoms. The monoisotopic (exact) mass is 372 g/mol. The van der Waals surface area contributed by atoms with E-state index in [9.17, 15) is 0 Å². The molecule has 0 aromatic rings. The molecule has 0 aliphatic heterocycles. The van der Waals surface area contributed by atoms with Crippen molar-refractivity contribution in [2.45, 2.75) is 125 Å². The minimum Gasteiger partial charge on any atom is -0.103 e. The topological polar surface area (TPSA) is 0 Å². The van der Waals surface area contributed by atoms with Crippen molar-refractivity contribution in [1.29, 1.82) is 0 Å². The van der Waals surface area contributed by atoms with E-state index in [1.807, 2.05) is 0 Å². The highest BCUT2D eigenvalue weighted by Crippen LogP contribution is 2.53. The Morgan fingerprint density at radius 1 is 0.926 bits per heavy atom. The highest BCUT2D eigenvalue weighted by Gasteiger charge is 2.43. The van der Waals surface area contributed by atoms with Crippen LogP contribution in [0.5, 0.6) is 0 Å². The van der Waals surface area contributed by atoms with Crippen LogP contribution < -0.4 is 0 Å². The fourth-order valence-corrected chi connectivity index (χ4v) is 5.68. The van der Waals surface area contributed by atoms with E-state index in [0.717, 1.165) is 36.0 Å². The van der Waals surface area contributed by atoms with Crippen molar-refractivity contribution < 1.29 is 0 Å². The van der Waals surface area contributed by atoms with Crippen molar-refractivity contribution >= 4 is 0 Å². The van der Waals surface area contributed by atoms with Crippen LogP contribution in [0.3, 0.4) is 0 Å². The molecule has 0 N–H and O–H groups in total. The lowest BCUT2D eigenvalue weighted by Crippen LogP contribution is -2.28. The molecule has 0 aromatic heterocycles. The lowest BCUT2D eigenvalue weighted by Gasteiger charge is -2.37. The molecule has 2 saturated carbocycles. The zero-order chi connectivity index (χ0) is 19.7. The smallest absolute Gasteiger partial charge is 0.0202 e. The maximum absolute atomic E-state index is 3.56. The van der Waals surface area contributed by atoms with Gasteiger partial charge in [0.2, 0.25) is 0 Å². The zero-order valence-corrected chi connectivity index (χ0v) is 19.3. The maximum Gasteiger partial charge on any atom is 0.0202 e. The molecule has 2 fully saturated rings. The molecule has 0 nitrogen and oxygen atoms in total. The van der Waals surface area contributed by atoms with E-state index in [2.05, 4.69) is 46.5 Å². The SMILES string of the molecule is CC(C)CCC1CCC(C)C1(C)CC[C@H](C)CCCC#CC1CCCCC1. The lowest BCUT2D eigenvalue weighted by molar-refractivity contribution is 0.128. The van der Waals surface area contributed by atoms with Gasteiger partial charge in [0.25, 0.3) is 0 Å². The molecule has 0 aromatic carbocycles. The predicted octanol–water partition coefficient (Wildman–Crippen LogP) is 8.65. The first-order chi connectivity index (χ1) is 12.9. The largest absolute Gasteiger partial charge is 0.103 e. The molecular weight excluding hydrogens is 324 g/mol. The average Bonchev–Trinajstić information content (AvgIpc) is 2.93. The summed E-state index contributed by atoms with van der Waals surface area (Å²) in [6, 6.07) is 0. The van der Waals surface area contributed by atoms with Gasteiger partial charge >= 0.3 is 0 Å². The van der Waals surface area contributed by atoms with Crippen LogP contribution in [0.1, 0.15) is 125 Å². The first-order valence-corrected chi connectivity index (χ1v) is 12.4. The number of hydrogen-bond donors (Lipinski definition) is 0. The second-order valence-electron chi connectivity index (χ2n) is 10.8. The van der Waals surface area contributed by atoms with Crippen molar-refractivity contribution in [3.63, 3.8) is 0 Å². The molecule has 156 valence electrons. The Morgan fingerprint density at radius 2 is 1.67 bits per heavy atom. The van der Waals surface area contributed by atoms with E-state index < -0.39 is 0 Å². The average molecular weight is 373 g/mol. The highest BCUT2D eigenvalue weighted by molar-refractivity contribution is 5.04. The summed E-state index contributed by atoms with van der Waals surface area (Å²) in [6.07, 6.45) is 19.5. The summed E-state index contributed by atoms with van der Waals surface area (Å²) in [4.78, 5) is 0. The quantitative estimate of drug-likeness (QED) is 0.280. The van der Waals surface area contributed by atoms with Crippen molar-refractivity contribution in [3.8, 4) is 11.8 Å².